The van der Waals surface area contributed by atoms with Crippen LogP contribution in [0.3, 0.4) is 0 Å². The maximum Gasteiger partial charge on any atom is 0.216 e. The van der Waals surface area contributed by atoms with E-state index in [4.69, 9.17) is 0 Å². The topological polar surface area (TPSA) is 20.3 Å². The van der Waals surface area contributed by atoms with Gasteiger partial charge in [-0.2, -0.15) is 0 Å². The first-order valence-electron chi connectivity index (χ1n) is 2.17. The van der Waals surface area contributed by atoms with Gasteiger partial charge in [0.2, 0.25) is 3.79 Å². The van der Waals surface area contributed by atoms with Crippen LogP contribution < -0.4 is 0 Å². The first-order chi connectivity index (χ1) is 3.63. The SMILES string of the molecule is CN(C)/C=C/C(=O)I. The number of allylic oxidation sites excluding steroid dienone is 1. The van der Waals surface area contributed by atoms with Crippen molar-refractivity contribution in [1.82, 2.24) is 4.90 Å². The van der Waals surface area contributed by atoms with Gasteiger partial charge >= 0.3 is 0 Å². The summed E-state index contributed by atoms with van der Waals surface area (Å²) in [5.41, 5.74) is 0. The zero-order chi connectivity index (χ0) is 6.57. The van der Waals surface area contributed by atoms with E-state index in [1.807, 2.05) is 19.0 Å². The van der Waals surface area contributed by atoms with Crippen LogP contribution in [0.2, 0.25) is 0 Å². The maximum atomic E-state index is 10.2. The van der Waals surface area contributed by atoms with Crippen molar-refractivity contribution in [3.8, 4) is 0 Å². The monoisotopic (exact) mass is 225 g/mol. The highest BCUT2D eigenvalue weighted by atomic mass is 127. The number of hydrogen-bond acceptors (Lipinski definition) is 2. The third-order valence-electron chi connectivity index (χ3n) is 0.504. The summed E-state index contributed by atoms with van der Waals surface area (Å²) in [5.74, 6) is 0. The minimum absolute atomic E-state index is 0.0521. The summed E-state index contributed by atoms with van der Waals surface area (Å²) >= 11 is 1.72. The van der Waals surface area contributed by atoms with Gasteiger partial charge in [-0.3, -0.25) is 4.79 Å². The molecule has 0 amide bonds. The molecule has 0 spiro atoms. The zero-order valence-corrected chi connectivity index (χ0v) is 7.05. The van der Waals surface area contributed by atoms with E-state index in [-0.39, 0.29) is 3.79 Å². The molecule has 0 bridgehead atoms. The molecule has 0 fully saturated rings. The van der Waals surface area contributed by atoms with E-state index in [1.165, 1.54) is 6.08 Å². The van der Waals surface area contributed by atoms with Crippen LogP contribution in [-0.2, 0) is 4.79 Å². The lowest BCUT2D eigenvalue weighted by Gasteiger charge is -2.00. The van der Waals surface area contributed by atoms with Gasteiger partial charge in [0.05, 0.1) is 0 Å². The van der Waals surface area contributed by atoms with Gasteiger partial charge in [0, 0.05) is 49.0 Å². The average Bonchev–Trinajstić information content (AvgIpc) is 1.61. The zero-order valence-electron chi connectivity index (χ0n) is 4.89. The van der Waals surface area contributed by atoms with Crippen LogP contribution in [0.1, 0.15) is 0 Å². The molecule has 0 saturated heterocycles. The Morgan fingerprint density at radius 1 is 1.62 bits per heavy atom. The average molecular weight is 225 g/mol. The molecule has 0 N–H and O–H groups in total. The Bertz CT molecular complexity index is 109. The highest BCUT2D eigenvalue weighted by Crippen LogP contribution is 1.87. The molecule has 0 heterocycles. The summed E-state index contributed by atoms with van der Waals surface area (Å²) in [7, 11) is 3.74. The summed E-state index contributed by atoms with van der Waals surface area (Å²) in [6.45, 7) is 0. The molecule has 0 aromatic rings. The van der Waals surface area contributed by atoms with Gasteiger partial charge < -0.3 is 4.90 Å². The Balaban J connectivity index is 3.50. The molecular formula is C5H8INO. The van der Waals surface area contributed by atoms with Gasteiger partial charge in [-0.05, 0) is 0 Å². The van der Waals surface area contributed by atoms with Gasteiger partial charge in [0.1, 0.15) is 0 Å². The highest BCUT2D eigenvalue weighted by Gasteiger charge is 1.82. The molecule has 0 saturated carbocycles. The predicted molar refractivity (Wildman–Crippen MR) is 41.9 cm³/mol. The fraction of sp³-hybridized carbons (Fsp3) is 0.400. The molecule has 3 heteroatoms. The third-order valence-corrected chi connectivity index (χ3v) is 0.863. The second-order valence-corrected chi connectivity index (χ2v) is 2.65. The molecule has 0 aliphatic rings. The Morgan fingerprint density at radius 3 is 2.25 bits per heavy atom. The number of halogens is 1. The van der Waals surface area contributed by atoms with Crippen LogP contribution in [-0.4, -0.2) is 22.8 Å². The van der Waals surface area contributed by atoms with Gasteiger partial charge in [-0.15, -0.1) is 0 Å². The van der Waals surface area contributed by atoms with Gasteiger partial charge in [0.25, 0.3) is 0 Å². The number of carbonyl (C=O) groups excluding carboxylic acids is 1. The number of rotatable bonds is 2. The summed E-state index contributed by atoms with van der Waals surface area (Å²) < 4.78 is 0.0521. The van der Waals surface area contributed by atoms with Crippen molar-refractivity contribution < 1.29 is 4.79 Å². The van der Waals surface area contributed by atoms with Crippen molar-refractivity contribution >= 4 is 26.4 Å². The minimum Gasteiger partial charge on any atom is -0.383 e. The Morgan fingerprint density at radius 2 is 2.12 bits per heavy atom. The standard InChI is InChI=1S/C5H8INO/c1-7(2)4-3-5(6)8/h3-4H,1-2H3/b4-3+. The van der Waals surface area contributed by atoms with Crippen LogP contribution in [0.5, 0.6) is 0 Å². The van der Waals surface area contributed by atoms with Gasteiger partial charge in [-0.25, -0.2) is 0 Å². The highest BCUT2D eigenvalue weighted by molar-refractivity contribution is 14.1. The second kappa shape index (κ2) is 3.88. The molecule has 8 heavy (non-hydrogen) atoms. The lowest BCUT2D eigenvalue weighted by molar-refractivity contribution is -0.105. The minimum atomic E-state index is 0.0521. The Kier molecular flexibility index (Phi) is 3.85. The summed E-state index contributed by atoms with van der Waals surface area (Å²) in [6, 6.07) is 0. The van der Waals surface area contributed by atoms with E-state index >= 15 is 0 Å². The second-order valence-electron chi connectivity index (χ2n) is 1.58. The van der Waals surface area contributed by atoms with E-state index in [2.05, 4.69) is 0 Å². The summed E-state index contributed by atoms with van der Waals surface area (Å²) in [4.78, 5) is 12.0. The molecule has 0 aromatic heterocycles. The Labute approximate surface area is 62.7 Å². The third kappa shape index (κ3) is 5.94. The van der Waals surface area contributed by atoms with Crippen LogP contribution in [0.15, 0.2) is 12.3 Å². The van der Waals surface area contributed by atoms with E-state index < -0.39 is 0 Å². The molecule has 0 radical (unpaired) electrons. The molecule has 0 aliphatic heterocycles. The van der Waals surface area contributed by atoms with Crippen LogP contribution in [0.4, 0.5) is 0 Å². The van der Waals surface area contributed by atoms with E-state index in [0.29, 0.717) is 0 Å². The largest absolute Gasteiger partial charge is 0.383 e. The summed E-state index contributed by atoms with van der Waals surface area (Å²) in [5, 5.41) is 0. The summed E-state index contributed by atoms with van der Waals surface area (Å²) in [6.07, 6.45) is 3.23. The Hall–Kier alpha value is -0.0600. The van der Waals surface area contributed by atoms with Crippen molar-refractivity contribution in [3.63, 3.8) is 0 Å². The molecule has 0 atom stereocenters. The number of hydrogen-bond donors (Lipinski definition) is 0. The van der Waals surface area contributed by atoms with Crippen molar-refractivity contribution in [2.75, 3.05) is 14.1 Å². The quantitative estimate of drug-likeness (QED) is 0.397. The van der Waals surface area contributed by atoms with Crippen molar-refractivity contribution in [3.05, 3.63) is 12.3 Å². The van der Waals surface area contributed by atoms with Gasteiger partial charge in [-0.1, -0.05) is 0 Å². The fourth-order valence-electron chi connectivity index (χ4n) is 0.208. The molecule has 46 valence electrons. The number of nitrogens with zero attached hydrogens (tertiary/aromatic N) is 1. The first kappa shape index (κ1) is 7.94. The van der Waals surface area contributed by atoms with E-state index in [9.17, 15) is 4.79 Å². The van der Waals surface area contributed by atoms with E-state index in [0.717, 1.165) is 0 Å². The van der Waals surface area contributed by atoms with Crippen LogP contribution in [0.25, 0.3) is 0 Å². The van der Waals surface area contributed by atoms with E-state index in [1.54, 1.807) is 28.8 Å². The molecule has 0 unspecified atom stereocenters. The van der Waals surface area contributed by atoms with Crippen LogP contribution in [0, 0.1) is 0 Å². The normalized spacial score (nSPS) is 9.88. The number of carbonyl (C=O) groups is 1. The molecular weight excluding hydrogens is 217 g/mol. The lowest BCUT2D eigenvalue weighted by atomic mass is 10.6. The predicted octanol–water partition coefficient (Wildman–Crippen LogP) is 1.02. The van der Waals surface area contributed by atoms with Crippen molar-refractivity contribution in [2.45, 2.75) is 0 Å². The smallest absolute Gasteiger partial charge is 0.216 e. The van der Waals surface area contributed by atoms with Crippen LogP contribution >= 0.6 is 22.6 Å². The first-order valence-corrected chi connectivity index (χ1v) is 3.25. The maximum absolute atomic E-state index is 10.2. The molecule has 0 aliphatic carbocycles. The molecule has 0 aromatic carbocycles. The van der Waals surface area contributed by atoms with Crippen molar-refractivity contribution in [2.24, 2.45) is 0 Å². The molecule has 2 nitrogen and oxygen atoms in total. The van der Waals surface area contributed by atoms with Gasteiger partial charge in [0.15, 0.2) is 0 Å². The lowest BCUT2D eigenvalue weighted by Crippen LogP contribution is -2.00. The molecule has 0 rings (SSSR count). The van der Waals surface area contributed by atoms with Crippen molar-refractivity contribution in [1.29, 1.82) is 0 Å². The fourth-order valence-corrected chi connectivity index (χ4v) is 0.368.